The van der Waals surface area contributed by atoms with Gasteiger partial charge < -0.3 is 14.8 Å². The average Bonchev–Trinajstić information content (AvgIpc) is 3.15. The van der Waals surface area contributed by atoms with E-state index in [4.69, 9.17) is 21.1 Å². The molecule has 12 nitrogen and oxygen atoms in total. The molecule has 2 aromatic carbocycles. The van der Waals surface area contributed by atoms with Crippen molar-refractivity contribution < 1.29 is 19.2 Å². The Morgan fingerprint density at radius 3 is 2.71 bits per heavy atom. The molecule has 0 bridgehead atoms. The molecule has 4 aromatic rings. The summed E-state index contributed by atoms with van der Waals surface area (Å²) in [6.07, 6.45) is 3.17. The quantitative estimate of drug-likeness (QED) is 0.328. The van der Waals surface area contributed by atoms with Crippen LogP contribution in [0, 0.1) is 10.1 Å². The van der Waals surface area contributed by atoms with Crippen LogP contribution in [0.15, 0.2) is 53.7 Å². The molecule has 5 rings (SSSR count). The molecular formula is C22H17ClN6O6. The van der Waals surface area contributed by atoms with Crippen molar-refractivity contribution in [3.8, 4) is 17.2 Å². The van der Waals surface area contributed by atoms with Crippen molar-refractivity contribution in [3.05, 3.63) is 74.4 Å². The zero-order chi connectivity index (χ0) is 24.5. The predicted molar refractivity (Wildman–Crippen MR) is 125 cm³/mol. The second kappa shape index (κ2) is 9.06. The number of fused-ring (bicyclic) bond motifs is 2. The van der Waals surface area contributed by atoms with Crippen molar-refractivity contribution in [2.45, 2.75) is 13.0 Å². The van der Waals surface area contributed by atoms with Crippen LogP contribution in [0.25, 0.3) is 16.7 Å². The molecule has 1 aliphatic rings. The van der Waals surface area contributed by atoms with Gasteiger partial charge in [-0.25, -0.2) is 9.67 Å². The van der Waals surface area contributed by atoms with Crippen molar-refractivity contribution in [2.75, 3.05) is 18.5 Å². The van der Waals surface area contributed by atoms with Crippen LogP contribution in [0.4, 0.5) is 11.4 Å². The first-order chi connectivity index (χ1) is 16.9. The first-order valence-corrected chi connectivity index (χ1v) is 10.9. The van der Waals surface area contributed by atoms with Crippen LogP contribution < -0.4 is 20.3 Å². The Hall–Kier alpha value is -4.45. The Bertz CT molecular complexity index is 1530. The Morgan fingerprint density at radius 2 is 1.94 bits per heavy atom. The highest BCUT2D eigenvalue weighted by atomic mass is 35.5. The highest BCUT2D eigenvalue weighted by molar-refractivity contribution is 6.34. The molecule has 1 N–H and O–H groups in total. The Morgan fingerprint density at radius 1 is 1.20 bits per heavy atom. The van der Waals surface area contributed by atoms with Crippen molar-refractivity contribution in [3.63, 3.8) is 0 Å². The van der Waals surface area contributed by atoms with Gasteiger partial charge in [0.25, 0.3) is 11.2 Å². The number of hydrogen-bond acceptors (Lipinski definition) is 8. The van der Waals surface area contributed by atoms with Gasteiger partial charge in [-0.15, -0.1) is 0 Å². The van der Waals surface area contributed by atoms with Gasteiger partial charge in [-0.2, -0.15) is 5.10 Å². The fraction of sp³-hybridized carbons (Fsp3) is 0.182. The normalized spacial score (nSPS) is 12.8. The van der Waals surface area contributed by atoms with Crippen molar-refractivity contribution >= 4 is 39.9 Å². The molecular weight excluding hydrogens is 480 g/mol. The van der Waals surface area contributed by atoms with Gasteiger partial charge in [-0.3, -0.25) is 24.3 Å². The fourth-order valence-corrected chi connectivity index (χ4v) is 3.86. The molecule has 1 amide bonds. The summed E-state index contributed by atoms with van der Waals surface area (Å²) in [5.74, 6) is 0.438. The second-order valence-electron chi connectivity index (χ2n) is 7.59. The zero-order valence-corrected chi connectivity index (χ0v) is 18.8. The summed E-state index contributed by atoms with van der Waals surface area (Å²) in [4.78, 5) is 40.7. The maximum absolute atomic E-state index is 13.0. The molecule has 0 saturated carbocycles. The highest BCUT2D eigenvalue weighted by Crippen LogP contribution is 2.37. The summed E-state index contributed by atoms with van der Waals surface area (Å²) in [5.41, 5.74) is -0.104. The summed E-state index contributed by atoms with van der Waals surface area (Å²) in [6.45, 7) is 0.633. The van der Waals surface area contributed by atoms with E-state index in [1.54, 1.807) is 18.2 Å². The van der Waals surface area contributed by atoms with Crippen LogP contribution in [0.1, 0.15) is 6.42 Å². The molecule has 0 saturated heterocycles. The number of carbonyl (C=O) groups is 1. The minimum Gasteiger partial charge on any atom is -0.490 e. The molecule has 2 aromatic heterocycles. The van der Waals surface area contributed by atoms with E-state index >= 15 is 0 Å². The molecule has 0 atom stereocenters. The minimum atomic E-state index is -0.542. The second-order valence-corrected chi connectivity index (χ2v) is 8.00. The van der Waals surface area contributed by atoms with Gasteiger partial charge in [0.2, 0.25) is 5.91 Å². The molecule has 0 spiro atoms. The Balaban J connectivity index is 1.41. The molecule has 3 heterocycles. The van der Waals surface area contributed by atoms with Gasteiger partial charge in [0, 0.05) is 24.6 Å². The summed E-state index contributed by atoms with van der Waals surface area (Å²) >= 11 is 6.28. The zero-order valence-electron chi connectivity index (χ0n) is 18.0. The van der Waals surface area contributed by atoms with E-state index in [0.717, 1.165) is 11.0 Å². The number of halogens is 1. The molecule has 1 aliphatic heterocycles. The van der Waals surface area contributed by atoms with Gasteiger partial charge >= 0.3 is 0 Å². The van der Waals surface area contributed by atoms with Crippen LogP contribution in [-0.2, 0) is 11.3 Å². The summed E-state index contributed by atoms with van der Waals surface area (Å²) < 4.78 is 13.5. The number of benzene rings is 2. The van der Waals surface area contributed by atoms with E-state index in [9.17, 15) is 19.7 Å². The molecule has 0 aliphatic carbocycles. The number of hydrogen-bond donors (Lipinski definition) is 1. The number of amides is 1. The summed E-state index contributed by atoms with van der Waals surface area (Å²) in [7, 11) is 0. The van der Waals surface area contributed by atoms with Gasteiger partial charge in [-0.05, 0) is 6.07 Å². The molecule has 35 heavy (non-hydrogen) atoms. The molecule has 0 radical (unpaired) electrons. The smallest absolute Gasteiger partial charge is 0.294 e. The lowest BCUT2D eigenvalue weighted by Gasteiger charge is -2.13. The van der Waals surface area contributed by atoms with Gasteiger partial charge in [0.05, 0.1) is 35.0 Å². The summed E-state index contributed by atoms with van der Waals surface area (Å²) in [5, 5.41) is 18.5. The molecule has 13 heteroatoms. The van der Waals surface area contributed by atoms with Gasteiger partial charge in [-0.1, -0.05) is 23.7 Å². The number of nitrogens with zero attached hydrogens (tertiary/aromatic N) is 5. The largest absolute Gasteiger partial charge is 0.490 e. The van der Waals surface area contributed by atoms with E-state index < -0.39 is 16.4 Å². The highest BCUT2D eigenvalue weighted by Gasteiger charge is 2.20. The minimum absolute atomic E-state index is 0.104. The van der Waals surface area contributed by atoms with Crippen LogP contribution in [0.3, 0.4) is 0 Å². The third-order valence-corrected chi connectivity index (χ3v) is 5.60. The van der Waals surface area contributed by atoms with Crippen LogP contribution in [0.5, 0.6) is 11.5 Å². The lowest BCUT2D eigenvalue weighted by molar-refractivity contribution is -0.384. The number of nitro groups is 1. The Labute approximate surface area is 201 Å². The first kappa shape index (κ1) is 22.3. The number of anilines is 1. The number of aromatic nitrogens is 4. The summed E-state index contributed by atoms with van der Waals surface area (Å²) in [6, 6.07) is 9.12. The van der Waals surface area contributed by atoms with Crippen LogP contribution >= 0.6 is 11.6 Å². The number of nitrogens with one attached hydrogen (secondary N) is 1. The van der Waals surface area contributed by atoms with E-state index in [-0.39, 0.29) is 34.0 Å². The van der Waals surface area contributed by atoms with Gasteiger partial charge in [0.15, 0.2) is 17.1 Å². The van der Waals surface area contributed by atoms with Crippen molar-refractivity contribution in [1.29, 1.82) is 0 Å². The standard InChI is InChI=1S/C22H17ClN6O6/c23-14-8-18-19(35-7-3-6-34-18)9-15(14)26-20(30)11-27-12-24-21-13(22(27)31)10-25-28(21)16-4-1-2-5-17(16)29(32)33/h1-2,4-5,8-10,12H,3,6-7,11H2,(H,26,30). The maximum Gasteiger partial charge on any atom is 0.294 e. The predicted octanol–water partition coefficient (Wildman–Crippen LogP) is 2.94. The first-order valence-electron chi connectivity index (χ1n) is 10.5. The number of nitro benzene ring substituents is 1. The molecule has 0 unspecified atom stereocenters. The maximum atomic E-state index is 13.0. The topological polar surface area (TPSA) is 143 Å². The van der Waals surface area contributed by atoms with E-state index in [2.05, 4.69) is 15.4 Å². The van der Waals surface area contributed by atoms with Crippen molar-refractivity contribution in [2.24, 2.45) is 0 Å². The third kappa shape index (κ3) is 4.26. The van der Waals surface area contributed by atoms with E-state index in [1.165, 1.54) is 35.4 Å². The molecule has 178 valence electrons. The third-order valence-electron chi connectivity index (χ3n) is 5.29. The van der Waals surface area contributed by atoms with Gasteiger partial charge in [0.1, 0.15) is 23.9 Å². The number of carbonyl (C=O) groups excluding carboxylic acids is 1. The monoisotopic (exact) mass is 496 g/mol. The molecule has 0 fully saturated rings. The van der Waals surface area contributed by atoms with Crippen molar-refractivity contribution in [1.82, 2.24) is 19.3 Å². The number of ether oxygens (including phenoxy) is 2. The van der Waals surface area contributed by atoms with E-state index in [1.807, 2.05) is 0 Å². The lowest BCUT2D eigenvalue weighted by atomic mass is 10.2. The SMILES string of the molecule is O=C(Cn1cnc2c(cnn2-c2ccccc2[N+](=O)[O-])c1=O)Nc1cc2c(cc1Cl)OCCCO2. The lowest BCUT2D eigenvalue weighted by Crippen LogP contribution is -2.28. The van der Waals surface area contributed by atoms with Crippen LogP contribution in [-0.4, -0.2) is 43.4 Å². The number of rotatable bonds is 5. The fourth-order valence-electron chi connectivity index (χ4n) is 3.66. The Kier molecular flexibility index (Phi) is 5.79. The average molecular weight is 497 g/mol. The number of para-hydroxylation sites is 2. The van der Waals surface area contributed by atoms with E-state index in [0.29, 0.717) is 30.4 Å². The van der Waals surface area contributed by atoms with Crippen LogP contribution in [0.2, 0.25) is 5.02 Å².